The maximum absolute atomic E-state index is 13.8. The van der Waals surface area contributed by atoms with E-state index in [9.17, 15) is 49.5 Å². The van der Waals surface area contributed by atoms with Gasteiger partial charge in [-0.05, 0) is 62.6 Å². The van der Waals surface area contributed by atoms with Crippen molar-refractivity contribution in [2.75, 3.05) is 13.7 Å². The van der Waals surface area contributed by atoms with Crippen molar-refractivity contribution < 1.29 is 83.0 Å². The van der Waals surface area contributed by atoms with E-state index < -0.39 is 90.4 Å². The third kappa shape index (κ3) is 8.97. The Labute approximate surface area is 307 Å². The van der Waals surface area contributed by atoms with Gasteiger partial charge in [0.05, 0.1) is 19.3 Å². The molecule has 0 aromatic heterocycles. The lowest BCUT2D eigenvalue weighted by Gasteiger charge is -2.41. The number of carbonyl (C=O) groups excluding carboxylic acids is 4. The first-order valence-electron chi connectivity index (χ1n) is 16.2. The summed E-state index contributed by atoms with van der Waals surface area (Å²) in [7, 11) is 1.37. The summed E-state index contributed by atoms with van der Waals surface area (Å²) in [5, 5.41) is 63.5. The number of benzene rings is 3. The highest BCUT2D eigenvalue weighted by Crippen LogP contribution is 2.36. The summed E-state index contributed by atoms with van der Waals surface area (Å²) in [6, 6.07) is 5.85. The zero-order valence-corrected chi connectivity index (χ0v) is 29.8. The molecule has 1 aliphatic heterocycles. The Morgan fingerprint density at radius 3 is 1.85 bits per heavy atom. The van der Waals surface area contributed by atoms with Gasteiger partial charge in [-0.15, -0.1) is 0 Å². The number of esters is 3. The number of carbonyl (C=O) groups is 5. The number of amides is 1. The first-order valence-corrected chi connectivity index (χ1v) is 16.2. The van der Waals surface area contributed by atoms with Crippen LogP contribution in [0.25, 0.3) is 0 Å². The van der Waals surface area contributed by atoms with E-state index in [0.29, 0.717) is 5.56 Å². The third-order valence-electron chi connectivity index (χ3n) is 8.23. The smallest absolute Gasteiger partial charge is 0.347 e. The van der Waals surface area contributed by atoms with Crippen molar-refractivity contribution in [2.45, 2.75) is 71.4 Å². The average Bonchev–Trinajstić information content (AvgIpc) is 3.06. The van der Waals surface area contributed by atoms with Crippen molar-refractivity contribution >= 4 is 29.8 Å². The van der Waals surface area contributed by atoms with Crippen molar-refractivity contribution in [1.82, 2.24) is 5.32 Å². The number of phenolic OH excluding ortho intramolecular Hbond substituents is 2. The van der Waals surface area contributed by atoms with Gasteiger partial charge in [-0.3, -0.25) is 14.4 Å². The Morgan fingerprint density at radius 1 is 0.796 bits per heavy atom. The van der Waals surface area contributed by atoms with Crippen LogP contribution in [-0.4, -0.2) is 111 Å². The highest BCUT2D eigenvalue weighted by Gasteiger charge is 2.48. The normalized spacial score (nSPS) is 19.9. The predicted octanol–water partition coefficient (Wildman–Crippen LogP) is 1.42. The van der Waals surface area contributed by atoms with Crippen molar-refractivity contribution in [1.29, 1.82) is 0 Å². The summed E-state index contributed by atoms with van der Waals surface area (Å²) in [5.41, 5.74) is -0.391. The Kier molecular flexibility index (Phi) is 12.7. The van der Waals surface area contributed by atoms with E-state index in [0.717, 1.165) is 19.1 Å². The molecule has 0 bridgehead atoms. The van der Waals surface area contributed by atoms with Crippen LogP contribution in [0.2, 0.25) is 0 Å². The molecule has 3 aromatic carbocycles. The standard InChI is InChI=1S/C36H39NO17/c1-14-8-20(11-22(40)26(14)32(44)37-17(4)33(45)46)51-35(48)28-16(3)9-21(52-34(47)27-15(2)7-19(49-6)10-23(27)41)12-24(28)53-36-31(50-18(5)39)30(43)29(42)25(13-38)54-36/h7-12,17,25,29-31,36,38,40-43H,13H2,1-6H3,(H,37,44)(H,45,46)/t17?,25-,29-,30+,31-,36-/m1/s1. The fourth-order valence-corrected chi connectivity index (χ4v) is 5.59. The van der Waals surface area contributed by atoms with Gasteiger partial charge in [0.1, 0.15) is 70.0 Å². The van der Waals surface area contributed by atoms with Gasteiger partial charge >= 0.3 is 23.9 Å². The van der Waals surface area contributed by atoms with Gasteiger partial charge in [0.2, 0.25) is 6.29 Å². The number of rotatable bonds is 12. The number of carboxylic acid groups (broad SMARTS) is 1. The van der Waals surface area contributed by atoms with Crippen LogP contribution in [0.1, 0.15) is 61.6 Å². The summed E-state index contributed by atoms with van der Waals surface area (Å²) in [6.45, 7) is 5.75. The Hall–Kier alpha value is -5.95. The van der Waals surface area contributed by atoms with Gasteiger partial charge in [-0.25, -0.2) is 9.59 Å². The summed E-state index contributed by atoms with van der Waals surface area (Å²) in [4.78, 5) is 62.9. The second-order valence-electron chi connectivity index (χ2n) is 12.3. The quantitative estimate of drug-likeness (QED) is 0.102. The van der Waals surface area contributed by atoms with Crippen LogP contribution in [0, 0.1) is 20.8 Å². The molecule has 54 heavy (non-hydrogen) atoms. The lowest BCUT2D eigenvalue weighted by Crippen LogP contribution is -2.61. The molecule has 290 valence electrons. The van der Waals surface area contributed by atoms with E-state index >= 15 is 0 Å². The Balaban J connectivity index is 1.76. The molecule has 0 aliphatic carbocycles. The number of aliphatic hydroxyl groups excluding tert-OH is 3. The van der Waals surface area contributed by atoms with Gasteiger partial charge < -0.3 is 64.4 Å². The molecule has 1 heterocycles. The molecule has 18 heteroatoms. The Morgan fingerprint density at radius 2 is 1.31 bits per heavy atom. The zero-order chi connectivity index (χ0) is 40.2. The summed E-state index contributed by atoms with van der Waals surface area (Å²) >= 11 is 0. The van der Waals surface area contributed by atoms with Gasteiger partial charge in [0.25, 0.3) is 5.91 Å². The maximum Gasteiger partial charge on any atom is 0.347 e. The number of methoxy groups -OCH3 is 1. The number of hydrogen-bond donors (Lipinski definition) is 7. The van der Waals surface area contributed by atoms with E-state index in [2.05, 4.69) is 5.32 Å². The molecule has 1 fully saturated rings. The minimum atomic E-state index is -1.84. The van der Waals surface area contributed by atoms with E-state index in [4.69, 9.17) is 33.5 Å². The molecule has 7 N–H and O–H groups in total. The van der Waals surface area contributed by atoms with Crippen LogP contribution >= 0.6 is 0 Å². The average molecular weight is 758 g/mol. The lowest BCUT2D eigenvalue weighted by atomic mass is 9.99. The number of ether oxygens (including phenoxy) is 6. The monoisotopic (exact) mass is 757 g/mol. The minimum absolute atomic E-state index is 0.0507. The van der Waals surface area contributed by atoms with E-state index in [-0.39, 0.29) is 45.1 Å². The predicted molar refractivity (Wildman–Crippen MR) is 182 cm³/mol. The number of aromatic hydroxyl groups is 2. The third-order valence-corrected chi connectivity index (χ3v) is 8.23. The zero-order valence-electron chi connectivity index (χ0n) is 29.8. The molecule has 4 rings (SSSR count). The molecule has 1 unspecified atom stereocenters. The fourth-order valence-electron chi connectivity index (χ4n) is 5.59. The molecular weight excluding hydrogens is 718 g/mol. The van der Waals surface area contributed by atoms with Crippen molar-refractivity contribution in [3.8, 4) is 34.5 Å². The SMILES string of the molecule is COc1cc(C)c(C(=O)Oc2cc(C)c(C(=O)Oc3cc(C)c(C(=O)NC(C)C(=O)O)c(O)c3)c(O[C@@H]3O[C@H](CO)[C@@H](O)[C@H](O)[C@H]3OC(C)=O)c2)c(O)c1. The molecular formula is C36H39NO17. The van der Waals surface area contributed by atoms with Crippen LogP contribution in [0.5, 0.6) is 34.5 Å². The molecule has 1 amide bonds. The molecule has 0 saturated carbocycles. The molecule has 1 saturated heterocycles. The molecule has 18 nitrogen and oxygen atoms in total. The van der Waals surface area contributed by atoms with Gasteiger partial charge in [0, 0.05) is 25.1 Å². The second kappa shape index (κ2) is 16.8. The maximum atomic E-state index is 13.8. The molecule has 6 atom stereocenters. The van der Waals surface area contributed by atoms with E-state index in [1.54, 1.807) is 0 Å². The van der Waals surface area contributed by atoms with Gasteiger partial charge in [-0.2, -0.15) is 0 Å². The number of carboxylic acids is 1. The second-order valence-corrected chi connectivity index (χ2v) is 12.3. The van der Waals surface area contributed by atoms with Crippen LogP contribution < -0.4 is 24.3 Å². The number of aryl methyl sites for hydroxylation is 3. The van der Waals surface area contributed by atoms with Crippen LogP contribution in [0.4, 0.5) is 0 Å². The first-order chi connectivity index (χ1) is 25.4. The largest absolute Gasteiger partial charge is 0.507 e. The minimum Gasteiger partial charge on any atom is -0.507 e. The number of aliphatic hydroxyl groups is 3. The highest BCUT2D eigenvalue weighted by atomic mass is 16.7. The van der Waals surface area contributed by atoms with Gasteiger partial charge in [0.15, 0.2) is 6.10 Å². The Bertz CT molecular complexity index is 1910. The van der Waals surface area contributed by atoms with Crippen LogP contribution in [0.15, 0.2) is 36.4 Å². The highest BCUT2D eigenvalue weighted by molar-refractivity contribution is 6.01. The number of nitrogens with one attached hydrogen (secondary N) is 1. The topological polar surface area (TPSA) is 274 Å². The van der Waals surface area contributed by atoms with Crippen molar-refractivity contribution in [3.63, 3.8) is 0 Å². The fraction of sp³-hybridized carbons (Fsp3) is 0.361. The van der Waals surface area contributed by atoms with Crippen LogP contribution in [-0.2, 0) is 19.1 Å². The van der Waals surface area contributed by atoms with E-state index in [1.807, 2.05) is 0 Å². The van der Waals surface area contributed by atoms with Gasteiger partial charge in [-0.1, -0.05) is 0 Å². The number of phenols is 2. The van der Waals surface area contributed by atoms with Crippen LogP contribution in [0.3, 0.4) is 0 Å². The molecule has 1 aliphatic rings. The number of hydrogen-bond acceptors (Lipinski definition) is 16. The summed E-state index contributed by atoms with van der Waals surface area (Å²) in [5.74, 6) is -7.08. The van der Waals surface area contributed by atoms with E-state index in [1.165, 1.54) is 59.1 Å². The van der Waals surface area contributed by atoms with Crippen molar-refractivity contribution in [2.24, 2.45) is 0 Å². The van der Waals surface area contributed by atoms with Crippen molar-refractivity contribution in [3.05, 3.63) is 69.8 Å². The first kappa shape index (κ1) is 40.8. The summed E-state index contributed by atoms with van der Waals surface area (Å²) < 4.78 is 32.9. The summed E-state index contributed by atoms with van der Waals surface area (Å²) in [6.07, 6.45) is -8.52. The number of aliphatic carboxylic acids is 1. The molecule has 3 aromatic rings. The lowest BCUT2D eigenvalue weighted by molar-refractivity contribution is -0.281. The molecule has 0 spiro atoms. The molecule has 0 radical (unpaired) electrons.